The fourth-order valence-electron chi connectivity index (χ4n) is 4.47. The van der Waals surface area contributed by atoms with E-state index in [4.69, 9.17) is 4.98 Å². The number of benzene rings is 1. The van der Waals surface area contributed by atoms with E-state index < -0.39 is 0 Å². The van der Waals surface area contributed by atoms with Crippen molar-refractivity contribution in [2.45, 2.75) is 123 Å². The summed E-state index contributed by atoms with van der Waals surface area (Å²) in [4.78, 5) is 16.4. The zero-order chi connectivity index (χ0) is 22.9. The van der Waals surface area contributed by atoms with Gasteiger partial charge in [0.05, 0.1) is 11.0 Å². The molecule has 1 N–H and O–H groups in total. The van der Waals surface area contributed by atoms with E-state index in [1.807, 2.05) is 6.92 Å². The molecule has 1 aromatic heterocycles. The van der Waals surface area contributed by atoms with Gasteiger partial charge in [0.2, 0.25) is 5.91 Å². The Hall–Kier alpha value is -1.84. The summed E-state index contributed by atoms with van der Waals surface area (Å²) in [5, 5.41) is 2.98. The monoisotopic (exact) mass is 441 g/mol. The Morgan fingerprint density at radius 1 is 0.812 bits per heavy atom. The number of aryl methyl sites for hydroxylation is 1. The largest absolute Gasteiger partial charge is 0.356 e. The minimum absolute atomic E-state index is 0.111. The molecule has 0 bridgehead atoms. The summed E-state index contributed by atoms with van der Waals surface area (Å²) >= 11 is 0. The third-order valence-electron chi connectivity index (χ3n) is 6.46. The fraction of sp³-hybridized carbons (Fsp3) is 0.714. The van der Waals surface area contributed by atoms with Crippen LogP contribution in [0.2, 0.25) is 0 Å². The van der Waals surface area contributed by atoms with E-state index in [2.05, 4.69) is 41.1 Å². The highest BCUT2D eigenvalue weighted by atomic mass is 16.1. The van der Waals surface area contributed by atoms with Crippen molar-refractivity contribution in [3.63, 3.8) is 0 Å². The van der Waals surface area contributed by atoms with Gasteiger partial charge in [-0.2, -0.15) is 0 Å². The average Bonchev–Trinajstić information content (AvgIpc) is 3.16. The van der Waals surface area contributed by atoms with E-state index in [1.165, 1.54) is 95.4 Å². The van der Waals surface area contributed by atoms with Crippen molar-refractivity contribution in [1.29, 1.82) is 0 Å². The van der Waals surface area contributed by atoms with Gasteiger partial charge in [0.25, 0.3) is 0 Å². The fourth-order valence-corrected chi connectivity index (χ4v) is 4.47. The number of aromatic nitrogens is 2. The van der Waals surface area contributed by atoms with Gasteiger partial charge in [-0.1, -0.05) is 109 Å². The Balaban J connectivity index is 1.59. The molecule has 0 saturated heterocycles. The first-order valence-electron chi connectivity index (χ1n) is 13.5. The molecule has 0 aliphatic rings. The first-order chi connectivity index (χ1) is 15.8. The van der Waals surface area contributed by atoms with Crippen LogP contribution < -0.4 is 5.32 Å². The Kier molecular flexibility index (Phi) is 13.8. The number of unbranched alkanes of at least 4 members (excludes halogenated alkanes) is 13. The molecule has 1 heterocycles. The first-order valence-corrected chi connectivity index (χ1v) is 13.5. The van der Waals surface area contributed by atoms with Crippen LogP contribution in [0.3, 0.4) is 0 Å². The third kappa shape index (κ3) is 10.2. The normalized spacial score (nSPS) is 11.3. The summed E-state index contributed by atoms with van der Waals surface area (Å²) in [6, 6.07) is 8.40. The second-order valence-electron chi connectivity index (χ2n) is 9.22. The second-order valence-corrected chi connectivity index (χ2v) is 9.22. The minimum Gasteiger partial charge on any atom is -0.356 e. The van der Waals surface area contributed by atoms with Crippen LogP contribution in [0.25, 0.3) is 11.0 Å². The van der Waals surface area contributed by atoms with Crippen LogP contribution in [0.1, 0.15) is 116 Å². The maximum atomic E-state index is 11.5. The first kappa shape index (κ1) is 26.4. The standard InChI is InChI=1S/C28H47N3O/c1-3-5-6-7-8-9-10-11-12-13-14-15-16-19-24-31-26-21-18-17-20-25(26)30-27(31)22-23-29-28(32)4-2/h17-18,20-21H,3-16,19,22-24H2,1-2H3,(H,29,32). The molecule has 180 valence electrons. The van der Waals surface area contributed by atoms with Gasteiger partial charge in [-0.25, -0.2) is 4.98 Å². The van der Waals surface area contributed by atoms with Crippen molar-refractivity contribution in [3.05, 3.63) is 30.1 Å². The Morgan fingerprint density at radius 2 is 1.38 bits per heavy atom. The number of nitrogens with zero attached hydrogens (tertiary/aromatic N) is 2. The molecule has 0 saturated carbocycles. The number of para-hydroxylation sites is 2. The highest BCUT2D eigenvalue weighted by Crippen LogP contribution is 2.18. The number of carbonyl (C=O) groups is 1. The van der Waals surface area contributed by atoms with Gasteiger partial charge in [0.1, 0.15) is 5.82 Å². The van der Waals surface area contributed by atoms with E-state index in [-0.39, 0.29) is 5.91 Å². The topological polar surface area (TPSA) is 46.9 Å². The molecule has 0 atom stereocenters. The van der Waals surface area contributed by atoms with Crippen molar-refractivity contribution in [1.82, 2.24) is 14.9 Å². The van der Waals surface area contributed by atoms with Gasteiger partial charge in [0.15, 0.2) is 0 Å². The number of hydrogen-bond donors (Lipinski definition) is 1. The van der Waals surface area contributed by atoms with Crippen molar-refractivity contribution in [2.75, 3.05) is 6.54 Å². The molecule has 1 amide bonds. The number of nitrogens with one attached hydrogen (secondary N) is 1. The van der Waals surface area contributed by atoms with Gasteiger partial charge >= 0.3 is 0 Å². The lowest BCUT2D eigenvalue weighted by atomic mass is 10.0. The number of imidazole rings is 1. The average molecular weight is 442 g/mol. The zero-order valence-electron chi connectivity index (χ0n) is 20.8. The number of amides is 1. The van der Waals surface area contributed by atoms with E-state index >= 15 is 0 Å². The molecular formula is C28H47N3O. The van der Waals surface area contributed by atoms with Crippen molar-refractivity contribution < 1.29 is 4.79 Å². The molecule has 0 spiro atoms. The molecule has 4 heteroatoms. The molecule has 1 aromatic carbocycles. The lowest BCUT2D eigenvalue weighted by molar-refractivity contribution is -0.120. The van der Waals surface area contributed by atoms with Gasteiger partial charge in [-0.15, -0.1) is 0 Å². The zero-order valence-corrected chi connectivity index (χ0v) is 20.8. The van der Waals surface area contributed by atoms with Crippen LogP contribution in [0, 0.1) is 0 Å². The summed E-state index contributed by atoms with van der Waals surface area (Å²) in [6.07, 6.45) is 20.7. The molecule has 0 fully saturated rings. The number of fused-ring (bicyclic) bond motifs is 1. The molecule has 0 radical (unpaired) electrons. The number of hydrogen-bond acceptors (Lipinski definition) is 2. The van der Waals surface area contributed by atoms with E-state index in [9.17, 15) is 4.79 Å². The quantitative estimate of drug-likeness (QED) is 0.228. The van der Waals surface area contributed by atoms with Crippen LogP contribution in [-0.4, -0.2) is 22.0 Å². The summed E-state index contributed by atoms with van der Waals surface area (Å²) in [6.45, 7) is 5.86. The third-order valence-corrected chi connectivity index (χ3v) is 6.46. The predicted octanol–water partition coefficient (Wildman–Crippen LogP) is 7.59. The van der Waals surface area contributed by atoms with Gasteiger partial charge < -0.3 is 9.88 Å². The molecule has 0 aliphatic heterocycles. The van der Waals surface area contributed by atoms with Crippen LogP contribution in [-0.2, 0) is 17.8 Å². The van der Waals surface area contributed by atoms with E-state index in [0.29, 0.717) is 13.0 Å². The van der Waals surface area contributed by atoms with Crippen LogP contribution in [0.4, 0.5) is 0 Å². The summed E-state index contributed by atoms with van der Waals surface area (Å²) in [5.74, 6) is 1.21. The maximum absolute atomic E-state index is 11.5. The SMILES string of the molecule is CCCCCCCCCCCCCCCCn1c(CCNC(=O)CC)nc2ccccc21. The molecular weight excluding hydrogens is 394 g/mol. The Labute approximate surface area is 196 Å². The minimum atomic E-state index is 0.111. The number of carbonyl (C=O) groups excluding carboxylic acids is 1. The Bertz CT molecular complexity index is 752. The van der Waals surface area contributed by atoms with Crippen LogP contribution >= 0.6 is 0 Å². The Morgan fingerprint density at radius 3 is 1.97 bits per heavy atom. The maximum Gasteiger partial charge on any atom is 0.219 e. The van der Waals surface area contributed by atoms with Crippen molar-refractivity contribution >= 4 is 16.9 Å². The van der Waals surface area contributed by atoms with E-state index in [1.54, 1.807) is 0 Å². The van der Waals surface area contributed by atoms with Gasteiger partial charge in [-0.3, -0.25) is 4.79 Å². The summed E-state index contributed by atoms with van der Waals surface area (Å²) in [5.41, 5.74) is 2.29. The molecule has 2 aromatic rings. The summed E-state index contributed by atoms with van der Waals surface area (Å²) < 4.78 is 2.37. The highest BCUT2D eigenvalue weighted by Gasteiger charge is 2.10. The molecule has 32 heavy (non-hydrogen) atoms. The lowest BCUT2D eigenvalue weighted by Gasteiger charge is -2.10. The second kappa shape index (κ2) is 16.7. The smallest absolute Gasteiger partial charge is 0.219 e. The lowest BCUT2D eigenvalue weighted by Crippen LogP contribution is -2.25. The molecule has 2 rings (SSSR count). The van der Waals surface area contributed by atoms with E-state index in [0.717, 1.165) is 24.3 Å². The molecule has 4 nitrogen and oxygen atoms in total. The highest BCUT2D eigenvalue weighted by molar-refractivity contribution is 5.76. The van der Waals surface area contributed by atoms with Crippen molar-refractivity contribution in [2.24, 2.45) is 0 Å². The predicted molar refractivity (Wildman–Crippen MR) is 137 cm³/mol. The molecule has 0 aliphatic carbocycles. The van der Waals surface area contributed by atoms with Crippen molar-refractivity contribution in [3.8, 4) is 0 Å². The molecule has 0 unspecified atom stereocenters. The summed E-state index contributed by atoms with van der Waals surface area (Å²) in [7, 11) is 0. The number of rotatable bonds is 19. The van der Waals surface area contributed by atoms with Gasteiger partial charge in [-0.05, 0) is 18.6 Å². The van der Waals surface area contributed by atoms with Crippen LogP contribution in [0.15, 0.2) is 24.3 Å². The van der Waals surface area contributed by atoms with Crippen LogP contribution in [0.5, 0.6) is 0 Å². The van der Waals surface area contributed by atoms with Gasteiger partial charge in [0, 0.05) is 25.9 Å².